The van der Waals surface area contributed by atoms with E-state index in [1.54, 1.807) is 12.1 Å². The van der Waals surface area contributed by atoms with Crippen molar-refractivity contribution < 1.29 is 14.3 Å². The maximum Gasteiger partial charge on any atom is 0.341 e. The van der Waals surface area contributed by atoms with Crippen LogP contribution in [0.3, 0.4) is 0 Å². The van der Waals surface area contributed by atoms with Gasteiger partial charge in [0.25, 0.3) is 0 Å². The number of rotatable bonds is 3. The molecule has 8 heteroatoms. The Balaban J connectivity index is 1.80. The van der Waals surface area contributed by atoms with Crippen molar-refractivity contribution in [2.45, 2.75) is 58.3 Å². The highest BCUT2D eigenvalue weighted by molar-refractivity contribution is 7.16. The summed E-state index contributed by atoms with van der Waals surface area (Å²) < 4.78 is 5.20. The number of anilines is 1. The van der Waals surface area contributed by atoms with Crippen LogP contribution in [0.25, 0.3) is 0 Å². The minimum absolute atomic E-state index is 0.00705. The maximum absolute atomic E-state index is 13.7. The molecule has 0 spiro atoms. The molecule has 2 aromatic rings. The van der Waals surface area contributed by atoms with Gasteiger partial charge in [0.1, 0.15) is 10.8 Å². The molecule has 1 aromatic carbocycles. The number of carbonyl (C=O) groups is 2. The van der Waals surface area contributed by atoms with Crippen molar-refractivity contribution in [1.29, 1.82) is 5.26 Å². The van der Waals surface area contributed by atoms with Crippen LogP contribution in [-0.2, 0) is 22.4 Å². The van der Waals surface area contributed by atoms with Gasteiger partial charge in [-0.25, -0.2) is 4.79 Å². The van der Waals surface area contributed by atoms with E-state index in [0.29, 0.717) is 39.6 Å². The van der Waals surface area contributed by atoms with Crippen LogP contribution in [0, 0.1) is 16.7 Å². The van der Waals surface area contributed by atoms with Gasteiger partial charge in [-0.3, -0.25) is 9.69 Å². The number of hydrogen-bond donors (Lipinski definition) is 1. The number of nitrogens with zero attached hydrogens (tertiary/aromatic N) is 2. The van der Waals surface area contributed by atoms with Crippen molar-refractivity contribution in [1.82, 2.24) is 0 Å². The fourth-order valence-electron chi connectivity index (χ4n) is 5.75. The Morgan fingerprint density at radius 1 is 1.22 bits per heavy atom. The van der Waals surface area contributed by atoms with E-state index in [4.69, 9.17) is 22.1 Å². The summed E-state index contributed by atoms with van der Waals surface area (Å²) >= 11 is 7.66. The largest absolute Gasteiger partial charge is 0.465 e. The van der Waals surface area contributed by atoms with Gasteiger partial charge in [0.05, 0.1) is 30.2 Å². The number of halogens is 1. The quantitative estimate of drug-likeness (QED) is 0.497. The first-order chi connectivity index (χ1) is 17.2. The molecule has 0 bridgehead atoms. The molecule has 1 aliphatic heterocycles. The van der Waals surface area contributed by atoms with Crippen LogP contribution in [0.1, 0.15) is 71.8 Å². The zero-order chi connectivity index (χ0) is 25.8. The van der Waals surface area contributed by atoms with E-state index < -0.39 is 11.9 Å². The number of Topliss-reactive ketones (excluding diaryl/α,β-unsaturated/α-hetero) is 1. The van der Waals surface area contributed by atoms with Crippen LogP contribution in [0.4, 0.5) is 5.00 Å². The van der Waals surface area contributed by atoms with Gasteiger partial charge in [0, 0.05) is 27.6 Å². The minimum Gasteiger partial charge on any atom is -0.465 e. The Morgan fingerprint density at radius 2 is 1.92 bits per heavy atom. The summed E-state index contributed by atoms with van der Waals surface area (Å²) in [6.07, 6.45) is 4.69. The summed E-state index contributed by atoms with van der Waals surface area (Å²) in [4.78, 5) is 29.8. The number of ether oxygens (including phenoxy) is 1. The van der Waals surface area contributed by atoms with E-state index in [9.17, 15) is 14.9 Å². The molecule has 1 aromatic heterocycles. The Labute approximate surface area is 220 Å². The molecular weight excluding hydrogens is 494 g/mol. The third-order valence-corrected chi connectivity index (χ3v) is 8.86. The standard InChI is InChI=1S/C28H28ClN3O3S/c1-28(2)12-19-24(20(33)13-28)22(15-8-10-16(29)11-9-15)18(14-30)25(31)32(19)26-23(27(34)35-3)17-6-4-5-7-21(17)36-26/h8-11,22H,4-7,12-13,31H2,1-3H3/t22-/m1/s1. The topological polar surface area (TPSA) is 96.4 Å². The Kier molecular flexibility index (Phi) is 6.22. The second-order valence-corrected chi connectivity index (χ2v) is 11.9. The first-order valence-electron chi connectivity index (χ1n) is 12.1. The van der Waals surface area contributed by atoms with Gasteiger partial charge in [-0.2, -0.15) is 5.26 Å². The highest BCUT2D eigenvalue weighted by Crippen LogP contribution is 2.53. The zero-order valence-corrected chi connectivity index (χ0v) is 22.2. The summed E-state index contributed by atoms with van der Waals surface area (Å²) in [7, 11) is 1.38. The predicted molar refractivity (Wildman–Crippen MR) is 141 cm³/mol. The van der Waals surface area contributed by atoms with Gasteiger partial charge in [0.2, 0.25) is 0 Å². The SMILES string of the molecule is COC(=O)c1c(N2C(N)=C(C#N)[C@@H](c3ccc(Cl)cc3)C3=C2CC(C)(C)CC3=O)sc2c1CCCC2. The summed E-state index contributed by atoms with van der Waals surface area (Å²) in [5.41, 5.74) is 10.4. The Bertz CT molecular complexity index is 1380. The molecule has 0 unspecified atom stereocenters. The van der Waals surface area contributed by atoms with Gasteiger partial charge in [-0.15, -0.1) is 11.3 Å². The molecule has 2 heterocycles. The third kappa shape index (κ3) is 3.93. The third-order valence-electron chi connectivity index (χ3n) is 7.33. The van der Waals surface area contributed by atoms with Crippen LogP contribution in [-0.4, -0.2) is 18.9 Å². The van der Waals surface area contributed by atoms with Gasteiger partial charge in [0.15, 0.2) is 5.78 Å². The second kappa shape index (κ2) is 9.10. The van der Waals surface area contributed by atoms with Crippen LogP contribution in [0.15, 0.2) is 46.9 Å². The molecule has 3 aliphatic rings. The number of hydrogen-bond acceptors (Lipinski definition) is 7. The number of allylic oxidation sites excluding steroid dienone is 3. The lowest BCUT2D eigenvalue weighted by Crippen LogP contribution is -2.42. The van der Waals surface area contributed by atoms with Gasteiger partial charge in [-0.1, -0.05) is 37.6 Å². The number of benzene rings is 1. The molecular formula is C28H28ClN3O3S. The molecule has 0 saturated carbocycles. The summed E-state index contributed by atoms with van der Waals surface area (Å²) in [5.74, 6) is -0.754. The number of ketones is 1. The van der Waals surface area contributed by atoms with Crippen molar-refractivity contribution >= 4 is 39.7 Å². The van der Waals surface area contributed by atoms with Crippen LogP contribution < -0.4 is 10.6 Å². The van der Waals surface area contributed by atoms with E-state index in [1.807, 2.05) is 17.0 Å². The second-order valence-electron chi connectivity index (χ2n) is 10.4. The van der Waals surface area contributed by atoms with E-state index in [1.165, 1.54) is 18.4 Å². The fraction of sp³-hybridized carbons (Fsp3) is 0.393. The van der Waals surface area contributed by atoms with Crippen molar-refractivity contribution in [3.8, 4) is 6.07 Å². The van der Waals surface area contributed by atoms with Crippen molar-refractivity contribution in [3.63, 3.8) is 0 Å². The lowest BCUT2D eigenvalue weighted by atomic mass is 9.68. The molecule has 6 nitrogen and oxygen atoms in total. The fourth-order valence-corrected chi connectivity index (χ4v) is 7.29. The number of methoxy groups -OCH3 is 1. The molecule has 0 saturated heterocycles. The van der Waals surface area contributed by atoms with Crippen LogP contribution in [0.5, 0.6) is 0 Å². The van der Waals surface area contributed by atoms with Crippen molar-refractivity contribution in [3.05, 3.63) is 73.5 Å². The summed E-state index contributed by atoms with van der Waals surface area (Å²) in [5, 5.41) is 11.5. The average molecular weight is 522 g/mol. The molecule has 186 valence electrons. The molecule has 0 fully saturated rings. The van der Waals surface area contributed by atoms with Crippen LogP contribution >= 0.6 is 22.9 Å². The number of carbonyl (C=O) groups excluding carboxylic acids is 2. The monoisotopic (exact) mass is 521 g/mol. The molecule has 1 atom stereocenters. The van der Waals surface area contributed by atoms with Gasteiger partial charge >= 0.3 is 5.97 Å². The molecule has 2 N–H and O–H groups in total. The molecule has 36 heavy (non-hydrogen) atoms. The van der Waals surface area contributed by atoms with E-state index in [2.05, 4.69) is 19.9 Å². The van der Waals surface area contributed by atoms with E-state index in [-0.39, 0.29) is 17.0 Å². The number of aryl methyl sites for hydroxylation is 1. The minimum atomic E-state index is -0.585. The lowest BCUT2D eigenvalue weighted by Gasteiger charge is -2.43. The van der Waals surface area contributed by atoms with E-state index >= 15 is 0 Å². The van der Waals surface area contributed by atoms with Crippen molar-refractivity contribution in [2.24, 2.45) is 11.1 Å². The predicted octanol–water partition coefficient (Wildman–Crippen LogP) is 6.01. The van der Waals surface area contributed by atoms with Gasteiger partial charge < -0.3 is 10.5 Å². The highest BCUT2D eigenvalue weighted by Gasteiger charge is 2.46. The van der Waals surface area contributed by atoms with Crippen molar-refractivity contribution in [2.75, 3.05) is 12.0 Å². The first kappa shape index (κ1) is 24.6. The van der Waals surface area contributed by atoms with Gasteiger partial charge in [-0.05, 0) is 60.8 Å². The first-order valence-corrected chi connectivity index (χ1v) is 13.3. The maximum atomic E-state index is 13.7. The number of fused-ring (bicyclic) bond motifs is 1. The number of nitriles is 1. The molecule has 0 amide bonds. The summed E-state index contributed by atoms with van der Waals surface area (Å²) in [6, 6.07) is 9.50. The molecule has 0 radical (unpaired) electrons. The number of thiophene rings is 1. The highest BCUT2D eigenvalue weighted by atomic mass is 35.5. The number of nitrogens with two attached hydrogens (primary N) is 1. The smallest absolute Gasteiger partial charge is 0.341 e. The Morgan fingerprint density at radius 3 is 2.58 bits per heavy atom. The Hall–Kier alpha value is -3.08. The van der Waals surface area contributed by atoms with Crippen LogP contribution in [0.2, 0.25) is 5.02 Å². The molecule has 5 rings (SSSR count). The van der Waals surface area contributed by atoms with E-state index in [0.717, 1.165) is 47.4 Å². The zero-order valence-electron chi connectivity index (χ0n) is 20.6. The number of esters is 1. The average Bonchev–Trinajstić information content (AvgIpc) is 3.21. The summed E-state index contributed by atoms with van der Waals surface area (Å²) in [6.45, 7) is 4.12. The lowest BCUT2D eigenvalue weighted by molar-refractivity contribution is -0.118. The molecule has 2 aliphatic carbocycles. The normalized spacial score (nSPS) is 21.1.